The van der Waals surface area contributed by atoms with Gasteiger partial charge in [0.1, 0.15) is 11.6 Å². The summed E-state index contributed by atoms with van der Waals surface area (Å²) in [6.07, 6.45) is 10.5. The van der Waals surface area contributed by atoms with E-state index >= 15 is 0 Å². The van der Waals surface area contributed by atoms with Gasteiger partial charge in [0.05, 0.1) is 11.6 Å². The Kier molecular flexibility index (Phi) is 7.48. The Labute approximate surface area is 196 Å². The molecular formula is C24H35ClN6O. The van der Waals surface area contributed by atoms with Crippen LogP contribution in [0.3, 0.4) is 0 Å². The number of nitrogens with one attached hydrogen (secondary N) is 3. The van der Waals surface area contributed by atoms with Gasteiger partial charge in [-0.1, -0.05) is 18.5 Å². The van der Waals surface area contributed by atoms with Crippen molar-refractivity contribution in [2.24, 2.45) is 5.41 Å². The molecule has 0 aliphatic heterocycles. The summed E-state index contributed by atoms with van der Waals surface area (Å²) in [5.74, 6) is 2.27. The molecule has 2 aliphatic rings. The molecule has 0 bridgehead atoms. The second-order valence-corrected chi connectivity index (χ2v) is 10.1. The third-order valence-electron chi connectivity index (χ3n) is 6.57. The van der Waals surface area contributed by atoms with Gasteiger partial charge in [0, 0.05) is 49.7 Å². The van der Waals surface area contributed by atoms with E-state index in [0.29, 0.717) is 34.4 Å². The van der Waals surface area contributed by atoms with E-state index in [9.17, 15) is 0 Å². The van der Waals surface area contributed by atoms with E-state index in [4.69, 9.17) is 21.3 Å². The van der Waals surface area contributed by atoms with Gasteiger partial charge >= 0.3 is 0 Å². The summed E-state index contributed by atoms with van der Waals surface area (Å²) in [5.41, 5.74) is 1.21. The molecule has 0 amide bonds. The van der Waals surface area contributed by atoms with Crippen molar-refractivity contribution in [3.05, 3.63) is 29.5 Å². The lowest BCUT2D eigenvalue weighted by Gasteiger charge is -2.31. The maximum Gasteiger partial charge on any atom is 0.163 e. The largest absolute Gasteiger partial charge is 0.383 e. The minimum atomic E-state index is 0.382. The number of rotatable bonds is 10. The Balaban J connectivity index is 1.36. The molecule has 1 unspecified atom stereocenters. The van der Waals surface area contributed by atoms with Crippen molar-refractivity contribution in [3.63, 3.8) is 0 Å². The van der Waals surface area contributed by atoms with Crippen molar-refractivity contribution in [3.8, 4) is 11.4 Å². The number of nitrogens with zero attached hydrogens (tertiary/aromatic N) is 3. The molecule has 7 nitrogen and oxygen atoms in total. The minimum Gasteiger partial charge on any atom is -0.383 e. The van der Waals surface area contributed by atoms with Crippen LogP contribution in [0.15, 0.2) is 24.5 Å². The molecule has 1 atom stereocenters. The molecular weight excluding hydrogens is 424 g/mol. The van der Waals surface area contributed by atoms with E-state index in [1.807, 2.05) is 12.1 Å². The van der Waals surface area contributed by atoms with Gasteiger partial charge in [0.15, 0.2) is 5.82 Å². The molecule has 2 heterocycles. The lowest BCUT2D eigenvalue weighted by molar-refractivity contribution is 0.161. The molecule has 0 spiro atoms. The SMILES string of the molecule is COCC(C)NC1CCC(Nc2cc(-c3nccc(NCC4(C)CC4)n3)c(Cl)cn2)CC1. The molecule has 8 heteroatoms. The fourth-order valence-corrected chi connectivity index (χ4v) is 4.47. The molecule has 0 radical (unpaired) electrons. The van der Waals surface area contributed by atoms with Gasteiger partial charge in [-0.25, -0.2) is 15.0 Å². The van der Waals surface area contributed by atoms with Crippen LogP contribution in [-0.2, 0) is 4.74 Å². The average Bonchev–Trinajstić information content (AvgIpc) is 3.53. The molecule has 2 aromatic heterocycles. The first-order valence-electron chi connectivity index (χ1n) is 11.7. The van der Waals surface area contributed by atoms with Gasteiger partial charge in [-0.2, -0.15) is 0 Å². The fourth-order valence-electron chi connectivity index (χ4n) is 4.28. The van der Waals surface area contributed by atoms with Crippen molar-refractivity contribution in [1.29, 1.82) is 0 Å². The maximum atomic E-state index is 6.47. The van der Waals surface area contributed by atoms with Crippen LogP contribution in [0.4, 0.5) is 11.6 Å². The van der Waals surface area contributed by atoms with E-state index < -0.39 is 0 Å². The highest BCUT2D eigenvalue weighted by atomic mass is 35.5. The van der Waals surface area contributed by atoms with Gasteiger partial charge in [-0.3, -0.25) is 0 Å². The summed E-state index contributed by atoms with van der Waals surface area (Å²) in [6, 6.07) is 5.21. The monoisotopic (exact) mass is 458 g/mol. The fraction of sp³-hybridized carbons (Fsp3) is 0.625. The molecule has 0 aromatic carbocycles. The van der Waals surface area contributed by atoms with E-state index in [1.54, 1.807) is 19.5 Å². The number of halogens is 1. The summed E-state index contributed by atoms with van der Waals surface area (Å²) in [4.78, 5) is 13.7. The van der Waals surface area contributed by atoms with Gasteiger partial charge in [-0.15, -0.1) is 0 Å². The molecule has 174 valence electrons. The number of anilines is 2. The highest BCUT2D eigenvalue weighted by Gasteiger charge is 2.36. The molecule has 4 rings (SSSR count). The predicted octanol–water partition coefficient (Wildman–Crippen LogP) is 4.75. The van der Waals surface area contributed by atoms with Crippen LogP contribution in [0.5, 0.6) is 0 Å². The second-order valence-electron chi connectivity index (χ2n) is 9.70. The van der Waals surface area contributed by atoms with Gasteiger partial charge in [-0.05, 0) is 63.0 Å². The van der Waals surface area contributed by atoms with Crippen LogP contribution in [-0.4, -0.2) is 53.3 Å². The van der Waals surface area contributed by atoms with Crippen molar-refractivity contribution in [2.75, 3.05) is 30.9 Å². The standard InChI is InChI=1S/C24H35ClN6O/c1-16(14-32-3)29-17-4-6-18(7-5-17)30-22-12-19(20(25)13-27-22)23-26-11-8-21(31-23)28-15-24(2)9-10-24/h8,11-13,16-18,29H,4-7,9-10,14-15H2,1-3H3,(H,27,30)(H,26,28,31). The highest BCUT2D eigenvalue weighted by molar-refractivity contribution is 6.33. The number of methoxy groups -OCH3 is 1. The molecule has 2 saturated carbocycles. The minimum absolute atomic E-state index is 0.382. The Morgan fingerprint density at radius 1 is 1.16 bits per heavy atom. The normalized spacial score (nSPS) is 22.9. The van der Waals surface area contributed by atoms with Crippen LogP contribution >= 0.6 is 11.6 Å². The quantitative estimate of drug-likeness (QED) is 0.473. The number of ether oxygens (including phenoxy) is 1. The molecule has 2 aliphatic carbocycles. The van der Waals surface area contributed by atoms with Crippen molar-refractivity contribution >= 4 is 23.2 Å². The highest BCUT2D eigenvalue weighted by Crippen LogP contribution is 2.44. The summed E-state index contributed by atoms with van der Waals surface area (Å²) in [7, 11) is 1.75. The Hall–Kier alpha value is -1.96. The lowest BCUT2D eigenvalue weighted by Crippen LogP contribution is -2.42. The zero-order valence-corrected chi connectivity index (χ0v) is 20.1. The van der Waals surface area contributed by atoms with Crippen molar-refractivity contribution < 1.29 is 4.74 Å². The van der Waals surface area contributed by atoms with Crippen molar-refractivity contribution in [2.45, 2.75) is 70.5 Å². The van der Waals surface area contributed by atoms with E-state index in [0.717, 1.165) is 56.0 Å². The first-order valence-corrected chi connectivity index (χ1v) is 12.1. The van der Waals surface area contributed by atoms with Crippen LogP contribution in [0.2, 0.25) is 5.02 Å². The number of hydrogen-bond acceptors (Lipinski definition) is 7. The first-order chi connectivity index (χ1) is 15.4. The Bertz CT molecular complexity index is 898. The van der Waals surface area contributed by atoms with Crippen molar-refractivity contribution in [1.82, 2.24) is 20.3 Å². The summed E-state index contributed by atoms with van der Waals surface area (Å²) < 4.78 is 5.23. The van der Waals surface area contributed by atoms with E-state index in [2.05, 4.69) is 39.8 Å². The van der Waals surface area contributed by atoms with Gasteiger partial charge in [0.25, 0.3) is 0 Å². The zero-order valence-electron chi connectivity index (χ0n) is 19.3. The van der Waals surface area contributed by atoms with Crippen LogP contribution < -0.4 is 16.0 Å². The number of pyridine rings is 1. The summed E-state index contributed by atoms with van der Waals surface area (Å²) >= 11 is 6.47. The van der Waals surface area contributed by atoms with Gasteiger partial charge in [0.2, 0.25) is 0 Å². The zero-order chi connectivity index (χ0) is 22.6. The smallest absolute Gasteiger partial charge is 0.163 e. The first kappa shape index (κ1) is 23.2. The predicted molar refractivity (Wildman–Crippen MR) is 130 cm³/mol. The van der Waals surface area contributed by atoms with E-state index in [-0.39, 0.29) is 0 Å². The molecule has 2 aromatic rings. The molecule has 0 saturated heterocycles. The van der Waals surface area contributed by atoms with Crippen LogP contribution in [0.1, 0.15) is 52.4 Å². The Morgan fingerprint density at radius 3 is 2.62 bits per heavy atom. The second kappa shape index (κ2) is 10.3. The lowest BCUT2D eigenvalue weighted by atomic mass is 9.90. The topological polar surface area (TPSA) is 84.0 Å². The summed E-state index contributed by atoms with van der Waals surface area (Å²) in [5, 5.41) is 11.3. The maximum absolute atomic E-state index is 6.47. The molecule has 3 N–H and O–H groups in total. The van der Waals surface area contributed by atoms with E-state index in [1.165, 1.54) is 12.8 Å². The molecule has 2 fully saturated rings. The third kappa shape index (κ3) is 6.30. The summed E-state index contributed by atoms with van der Waals surface area (Å²) in [6.45, 7) is 6.14. The van der Waals surface area contributed by atoms with Crippen LogP contribution in [0.25, 0.3) is 11.4 Å². The number of hydrogen-bond donors (Lipinski definition) is 3. The molecule has 32 heavy (non-hydrogen) atoms. The average molecular weight is 459 g/mol. The van der Waals surface area contributed by atoms with Crippen LogP contribution in [0, 0.1) is 5.41 Å². The Morgan fingerprint density at radius 2 is 1.91 bits per heavy atom. The van der Waals surface area contributed by atoms with Gasteiger partial charge < -0.3 is 20.7 Å². The third-order valence-corrected chi connectivity index (χ3v) is 6.87. The number of aromatic nitrogens is 3.